The van der Waals surface area contributed by atoms with Gasteiger partial charge in [-0.05, 0) is 44.4 Å². The van der Waals surface area contributed by atoms with Crippen LogP contribution in [0.15, 0.2) is 58.9 Å². The molecular formula is C24H36N6O. The smallest absolute Gasteiger partial charge is 0.124 e. The lowest BCUT2D eigenvalue weighted by Gasteiger charge is -2.28. The molecule has 1 aliphatic carbocycles. The molecule has 7 nitrogen and oxygen atoms in total. The summed E-state index contributed by atoms with van der Waals surface area (Å²) >= 11 is 0. The van der Waals surface area contributed by atoms with E-state index >= 15 is 0 Å². The Labute approximate surface area is 186 Å². The van der Waals surface area contributed by atoms with Crippen LogP contribution in [0.1, 0.15) is 26.2 Å². The topological polar surface area (TPSA) is 88.5 Å². The number of likely N-dealkylation sites (N-methyl/N-ethyl adjacent to an activating group) is 1. The van der Waals surface area contributed by atoms with Crippen molar-refractivity contribution in [3.63, 3.8) is 0 Å². The molecule has 1 fully saturated rings. The first-order valence-electron chi connectivity index (χ1n) is 10.8. The number of hydrogen-bond donors (Lipinski definition) is 2. The van der Waals surface area contributed by atoms with Crippen molar-refractivity contribution in [3.8, 4) is 11.3 Å². The van der Waals surface area contributed by atoms with Gasteiger partial charge in [0, 0.05) is 57.6 Å². The number of nitrogens with two attached hydrogens (primary N) is 1. The summed E-state index contributed by atoms with van der Waals surface area (Å²) in [5.41, 5.74) is 10.8. The Kier molecular flexibility index (Phi) is 9.97. The number of carbonyl (C=O) groups excluding carboxylic acids is 1. The van der Waals surface area contributed by atoms with E-state index in [0.717, 1.165) is 44.0 Å². The Morgan fingerprint density at radius 1 is 1.26 bits per heavy atom. The van der Waals surface area contributed by atoms with Gasteiger partial charge in [0.2, 0.25) is 0 Å². The molecule has 2 aromatic rings. The Morgan fingerprint density at radius 3 is 2.48 bits per heavy atom. The summed E-state index contributed by atoms with van der Waals surface area (Å²) in [6.07, 6.45) is 6.39. The summed E-state index contributed by atoms with van der Waals surface area (Å²) in [5.74, 6) is 1.58. The fraction of sp³-hybridized carbons (Fsp3) is 0.458. The number of aldehydes is 1. The Hall–Kier alpha value is -2.93. The third-order valence-corrected chi connectivity index (χ3v) is 5.28. The van der Waals surface area contributed by atoms with Gasteiger partial charge < -0.3 is 20.7 Å². The highest BCUT2D eigenvalue weighted by Gasteiger charge is 2.23. The zero-order valence-electron chi connectivity index (χ0n) is 19.2. The van der Waals surface area contributed by atoms with Gasteiger partial charge in [0.25, 0.3) is 0 Å². The summed E-state index contributed by atoms with van der Waals surface area (Å²) in [4.78, 5) is 15.2. The van der Waals surface area contributed by atoms with Gasteiger partial charge in [-0.25, -0.2) is 0 Å². The van der Waals surface area contributed by atoms with Gasteiger partial charge in [0.15, 0.2) is 0 Å². The Balaban J connectivity index is 0.000000201. The van der Waals surface area contributed by atoms with E-state index in [9.17, 15) is 0 Å². The minimum atomic E-state index is 0.685. The van der Waals surface area contributed by atoms with Crippen molar-refractivity contribution in [2.45, 2.75) is 26.2 Å². The van der Waals surface area contributed by atoms with Crippen molar-refractivity contribution in [2.24, 2.45) is 23.7 Å². The Morgan fingerprint density at radius 2 is 1.94 bits per heavy atom. The fourth-order valence-corrected chi connectivity index (χ4v) is 3.32. The molecule has 7 heteroatoms. The van der Waals surface area contributed by atoms with E-state index in [1.54, 1.807) is 7.05 Å². The van der Waals surface area contributed by atoms with Crippen LogP contribution in [0.25, 0.3) is 11.3 Å². The quantitative estimate of drug-likeness (QED) is 0.438. The molecule has 2 aliphatic rings. The van der Waals surface area contributed by atoms with Crippen LogP contribution in [0, 0.1) is 5.92 Å². The second kappa shape index (κ2) is 12.7. The largest absolute Gasteiger partial charge is 0.388 e. The number of amidine groups is 1. The normalized spacial score (nSPS) is 16.6. The molecule has 0 radical (unpaired) electrons. The molecule has 1 saturated carbocycles. The summed E-state index contributed by atoms with van der Waals surface area (Å²) in [6, 6.07) is 12.2. The molecule has 3 N–H and O–H groups in total. The maximum atomic E-state index is 8.81. The standard InChI is InChI=1S/C12H22N4.C10H10N2.C2H4O/c1-14-12(13)10-8-16(2)6-5-11(10)15-7-9-3-4-9;1-12-10(7-8-11-12)9-5-3-2-4-6-9;1-2-3/h9,15H,3-8H2,1-2H3,(H2,13,14);2-8H,1H3;2H,1H3. The highest BCUT2D eigenvalue weighted by molar-refractivity contribution is 5.98. The van der Waals surface area contributed by atoms with Crippen LogP contribution in [0.3, 0.4) is 0 Å². The van der Waals surface area contributed by atoms with E-state index in [4.69, 9.17) is 10.5 Å². The molecule has 31 heavy (non-hydrogen) atoms. The minimum absolute atomic E-state index is 0.685. The molecule has 2 heterocycles. The molecule has 0 saturated heterocycles. The molecular weight excluding hydrogens is 388 g/mol. The van der Waals surface area contributed by atoms with E-state index < -0.39 is 0 Å². The summed E-state index contributed by atoms with van der Waals surface area (Å²) < 4.78 is 1.87. The van der Waals surface area contributed by atoms with Crippen molar-refractivity contribution in [1.82, 2.24) is 20.0 Å². The van der Waals surface area contributed by atoms with Crippen LogP contribution in [-0.2, 0) is 11.8 Å². The van der Waals surface area contributed by atoms with Gasteiger partial charge >= 0.3 is 0 Å². The zero-order chi connectivity index (χ0) is 22.6. The van der Waals surface area contributed by atoms with E-state index in [0.29, 0.717) is 5.84 Å². The van der Waals surface area contributed by atoms with Crippen molar-refractivity contribution >= 4 is 12.1 Å². The number of nitrogens with one attached hydrogen (secondary N) is 1. The average Bonchev–Trinajstić information content (AvgIpc) is 3.52. The lowest BCUT2D eigenvalue weighted by Crippen LogP contribution is -2.37. The van der Waals surface area contributed by atoms with Crippen LogP contribution in [-0.4, -0.2) is 60.5 Å². The van der Waals surface area contributed by atoms with E-state index in [1.165, 1.54) is 36.6 Å². The highest BCUT2D eigenvalue weighted by atomic mass is 16.1. The van der Waals surface area contributed by atoms with Crippen LogP contribution in [0.2, 0.25) is 0 Å². The van der Waals surface area contributed by atoms with Crippen molar-refractivity contribution < 1.29 is 4.79 Å². The summed E-state index contributed by atoms with van der Waals surface area (Å²) in [5, 5.41) is 7.67. The number of carbonyl (C=O) groups is 1. The van der Waals surface area contributed by atoms with Gasteiger partial charge in [-0.2, -0.15) is 5.10 Å². The predicted octanol–water partition coefficient (Wildman–Crippen LogP) is 2.85. The number of hydrogen-bond acceptors (Lipinski definition) is 5. The first-order chi connectivity index (χ1) is 15.0. The average molecular weight is 425 g/mol. The second-order valence-corrected chi connectivity index (χ2v) is 7.82. The maximum Gasteiger partial charge on any atom is 0.124 e. The second-order valence-electron chi connectivity index (χ2n) is 7.82. The number of aliphatic imine (C=N–C) groups is 1. The molecule has 0 amide bonds. The van der Waals surface area contributed by atoms with Crippen molar-refractivity contribution in [1.29, 1.82) is 0 Å². The van der Waals surface area contributed by atoms with Gasteiger partial charge in [0.05, 0.1) is 5.69 Å². The van der Waals surface area contributed by atoms with Crippen LogP contribution >= 0.6 is 0 Å². The zero-order valence-corrected chi connectivity index (χ0v) is 19.2. The molecule has 0 unspecified atom stereocenters. The van der Waals surface area contributed by atoms with Crippen LogP contribution < -0.4 is 11.1 Å². The lowest BCUT2D eigenvalue weighted by atomic mass is 10.1. The Bertz CT molecular complexity index is 867. The van der Waals surface area contributed by atoms with Crippen molar-refractivity contribution in [3.05, 3.63) is 53.9 Å². The number of aryl methyl sites for hydroxylation is 1. The van der Waals surface area contributed by atoms with Gasteiger partial charge in [-0.15, -0.1) is 0 Å². The number of nitrogens with zero attached hydrogens (tertiary/aromatic N) is 4. The molecule has 1 aromatic heterocycles. The monoisotopic (exact) mass is 424 g/mol. The maximum absolute atomic E-state index is 8.81. The molecule has 0 spiro atoms. The number of benzene rings is 1. The first-order valence-corrected chi connectivity index (χ1v) is 10.8. The molecule has 4 rings (SSSR count). The summed E-state index contributed by atoms with van der Waals surface area (Å²) in [6.45, 7) is 4.57. The molecule has 1 aliphatic heterocycles. The fourth-order valence-electron chi connectivity index (χ4n) is 3.32. The van der Waals surface area contributed by atoms with E-state index in [1.807, 2.05) is 42.2 Å². The third-order valence-electron chi connectivity index (χ3n) is 5.28. The number of aromatic nitrogens is 2. The molecule has 168 valence electrons. The molecule has 1 aromatic carbocycles. The summed E-state index contributed by atoms with van der Waals surface area (Å²) in [7, 11) is 5.83. The lowest BCUT2D eigenvalue weighted by molar-refractivity contribution is -0.106. The molecule has 0 bridgehead atoms. The first kappa shape index (κ1) is 24.3. The van der Waals surface area contributed by atoms with Crippen molar-refractivity contribution in [2.75, 3.05) is 33.7 Å². The van der Waals surface area contributed by atoms with E-state index in [-0.39, 0.29) is 0 Å². The van der Waals surface area contributed by atoms with Crippen LogP contribution in [0.5, 0.6) is 0 Å². The van der Waals surface area contributed by atoms with Crippen LogP contribution in [0.4, 0.5) is 0 Å². The highest BCUT2D eigenvalue weighted by Crippen LogP contribution is 2.28. The SMILES string of the molecule is CC=O.CN=C(N)C1=C(NCC2CC2)CCN(C)C1.Cn1nccc1-c1ccccc1. The van der Waals surface area contributed by atoms with Gasteiger partial charge in [0.1, 0.15) is 12.1 Å². The van der Waals surface area contributed by atoms with Gasteiger partial charge in [-0.1, -0.05) is 30.3 Å². The van der Waals surface area contributed by atoms with Gasteiger partial charge in [-0.3, -0.25) is 9.67 Å². The number of rotatable bonds is 5. The minimum Gasteiger partial charge on any atom is -0.388 e. The third kappa shape index (κ3) is 8.02. The predicted molar refractivity (Wildman–Crippen MR) is 128 cm³/mol. The molecule has 0 atom stereocenters. The van der Waals surface area contributed by atoms with E-state index in [2.05, 4.69) is 39.5 Å².